The Kier molecular flexibility index (Phi) is 5.82. The van der Waals surface area contributed by atoms with Crippen molar-refractivity contribution < 1.29 is 9.53 Å². The number of carbonyl (C=O) groups is 1. The van der Waals surface area contributed by atoms with E-state index in [1.165, 1.54) is 18.5 Å². The molecule has 0 saturated carbocycles. The van der Waals surface area contributed by atoms with Crippen LogP contribution in [0.15, 0.2) is 48.5 Å². The second-order valence-corrected chi connectivity index (χ2v) is 6.73. The molecule has 1 aliphatic heterocycles. The number of nitrogens with one attached hydrogen (secondary N) is 1. The largest absolute Gasteiger partial charge is 0.481 e. The summed E-state index contributed by atoms with van der Waals surface area (Å²) in [6, 6.07) is 15.4. The fourth-order valence-electron chi connectivity index (χ4n) is 2.90. The number of nitrogens with zero attached hydrogens (tertiary/aromatic N) is 1. The van der Waals surface area contributed by atoms with E-state index >= 15 is 0 Å². The van der Waals surface area contributed by atoms with Crippen molar-refractivity contribution in [3.05, 3.63) is 59.1 Å². The van der Waals surface area contributed by atoms with Crippen LogP contribution in [0.4, 0.5) is 5.69 Å². The van der Waals surface area contributed by atoms with E-state index in [4.69, 9.17) is 16.3 Å². The number of rotatable bonds is 6. The van der Waals surface area contributed by atoms with Crippen LogP contribution in [0.1, 0.15) is 25.3 Å². The minimum atomic E-state index is -0.565. The van der Waals surface area contributed by atoms with Crippen molar-refractivity contribution in [2.75, 3.05) is 18.0 Å². The van der Waals surface area contributed by atoms with Crippen molar-refractivity contribution in [3.63, 3.8) is 0 Å². The van der Waals surface area contributed by atoms with Gasteiger partial charge in [0.15, 0.2) is 6.10 Å². The molecule has 0 aromatic heterocycles. The summed E-state index contributed by atoms with van der Waals surface area (Å²) in [5, 5.41) is 3.56. The lowest BCUT2D eigenvalue weighted by Crippen LogP contribution is -2.35. The molecule has 3 rings (SSSR count). The summed E-state index contributed by atoms with van der Waals surface area (Å²) in [6.07, 6.45) is 1.97. The van der Waals surface area contributed by atoms with Gasteiger partial charge in [-0.05, 0) is 61.7 Å². The Balaban J connectivity index is 1.48. The lowest BCUT2D eigenvalue weighted by Gasteiger charge is -2.18. The summed E-state index contributed by atoms with van der Waals surface area (Å²) in [5.41, 5.74) is 2.34. The molecule has 2 aromatic rings. The van der Waals surface area contributed by atoms with Crippen LogP contribution < -0.4 is 15.0 Å². The highest BCUT2D eigenvalue weighted by Crippen LogP contribution is 2.20. The number of benzene rings is 2. The monoisotopic (exact) mass is 358 g/mol. The second-order valence-electron chi connectivity index (χ2n) is 6.29. The van der Waals surface area contributed by atoms with Crippen LogP contribution in [0.3, 0.4) is 0 Å². The molecule has 0 aliphatic carbocycles. The summed E-state index contributed by atoms with van der Waals surface area (Å²) >= 11 is 5.84. The van der Waals surface area contributed by atoms with E-state index in [1.807, 2.05) is 0 Å². The fourth-order valence-corrected chi connectivity index (χ4v) is 3.03. The quantitative estimate of drug-likeness (QED) is 0.847. The van der Waals surface area contributed by atoms with Gasteiger partial charge >= 0.3 is 0 Å². The van der Waals surface area contributed by atoms with Crippen LogP contribution in [0, 0.1) is 0 Å². The minimum Gasteiger partial charge on any atom is -0.481 e. The Morgan fingerprint density at radius 1 is 1.12 bits per heavy atom. The normalized spacial score (nSPS) is 15.0. The molecule has 0 bridgehead atoms. The average Bonchev–Trinajstić information content (AvgIpc) is 3.16. The third-order valence-electron chi connectivity index (χ3n) is 4.37. The van der Waals surface area contributed by atoms with Crippen molar-refractivity contribution >= 4 is 23.2 Å². The third kappa shape index (κ3) is 4.89. The van der Waals surface area contributed by atoms with Crippen molar-refractivity contribution in [3.8, 4) is 5.75 Å². The number of hydrogen-bond donors (Lipinski definition) is 1. The number of anilines is 1. The number of hydrogen-bond acceptors (Lipinski definition) is 3. The van der Waals surface area contributed by atoms with Gasteiger partial charge in [-0.25, -0.2) is 0 Å². The second kappa shape index (κ2) is 8.26. The number of amides is 1. The van der Waals surface area contributed by atoms with Crippen molar-refractivity contribution in [2.45, 2.75) is 32.4 Å². The molecule has 5 heteroatoms. The van der Waals surface area contributed by atoms with Gasteiger partial charge in [-0.3, -0.25) is 4.79 Å². The predicted molar refractivity (Wildman–Crippen MR) is 101 cm³/mol. The van der Waals surface area contributed by atoms with Gasteiger partial charge in [-0.1, -0.05) is 23.7 Å². The highest BCUT2D eigenvalue weighted by molar-refractivity contribution is 6.30. The van der Waals surface area contributed by atoms with Crippen LogP contribution in [0.5, 0.6) is 5.75 Å². The molecule has 2 aromatic carbocycles. The Hall–Kier alpha value is -2.20. The number of ether oxygens (including phenoxy) is 1. The van der Waals surface area contributed by atoms with Crippen molar-refractivity contribution in [1.82, 2.24) is 5.32 Å². The molecular formula is C20H23ClN2O2. The molecule has 1 aliphatic rings. The maximum Gasteiger partial charge on any atom is 0.261 e. The van der Waals surface area contributed by atoms with Gasteiger partial charge < -0.3 is 15.0 Å². The Labute approximate surface area is 153 Å². The molecule has 4 nitrogen and oxygen atoms in total. The average molecular weight is 359 g/mol. The zero-order chi connectivity index (χ0) is 17.6. The van der Waals surface area contributed by atoms with Gasteiger partial charge in [-0.2, -0.15) is 0 Å². The maximum absolute atomic E-state index is 12.2. The first-order valence-corrected chi connectivity index (χ1v) is 9.03. The molecule has 1 heterocycles. The third-order valence-corrected chi connectivity index (χ3v) is 4.62. The van der Waals surface area contributed by atoms with E-state index in [9.17, 15) is 4.79 Å². The van der Waals surface area contributed by atoms with Crippen LogP contribution in [0.25, 0.3) is 0 Å². The first-order valence-electron chi connectivity index (χ1n) is 8.65. The summed E-state index contributed by atoms with van der Waals surface area (Å²) in [4.78, 5) is 14.6. The highest BCUT2D eigenvalue weighted by atomic mass is 35.5. The van der Waals surface area contributed by atoms with E-state index in [0.717, 1.165) is 18.7 Å². The summed E-state index contributed by atoms with van der Waals surface area (Å²) in [7, 11) is 0. The van der Waals surface area contributed by atoms with Crippen LogP contribution in [-0.2, 0) is 11.3 Å². The molecule has 1 atom stereocenters. The smallest absolute Gasteiger partial charge is 0.261 e. The molecule has 1 fully saturated rings. The molecule has 0 radical (unpaired) electrons. The van der Waals surface area contributed by atoms with Gasteiger partial charge in [0.05, 0.1) is 0 Å². The standard InChI is InChI=1S/C20H23ClN2O2/c1-15(25-19-10-6-17(21)7-11-19)20(24)22-14-16-4-8-18(9-5-16)23-12-2-3-13-23/h4-11,15H,2-3,12-14H2,1H3,(H,22,24). The van der Waals surface area contributed by atoms with Gasteiger partial charge in [0.25, 0.3) is 5.91 Å². The minimum absolute atomic E-state index is 0.140. The molecule has 1 unspecified atom stereocenters. The predicted octanol–water partition coefficient (Wildman–Crippen LogP) is 4.02. The number of carbonyl (C=O) groups excluding carboxylic acids is 1. The first kappa shape index (κ1) is 17.6. The molecule has 0 spiro atoms. The lowest BCUT2D eigenvalue weighted by molar-refractivity contribution is -0.127. The molecule has 1 saturated heterocycles. The summed E-state index contributed by atoms with van der Waals surface area (Å²) in [6.45, 7) is 4.50. The lowest BCUT2D eigenvalue weighted by atomic mass is 10.2. The van der Waals surface area contributed by atoms with Crippen molar-refractivity contribution in [2.24, 2.45) is 0 Å². The summed E-state index contributed by atoms with van der Waals surface area (Å²) < 4.78 is 5.63. The van der Waals surface area contributed by atoms with Crippen LogP contribution in [0.2, 0.25) is 5.02 Å². The maximum atomic E-state index is 12.2. The van der Waals surface area contributed by atoms with Gasteiger partial charge in [-0.15, -0.1) is 0 Å². The SMILES string of the molecule is CC(Oc1ccc(Cl)cc1)C(=O)NCc1ccc(N2CCCC2)cc1. The molecule has 1 N–H and O–H groups in total. The van der Waals surface area contributed by atoms with Crippen molar-refractivity contribution in [1.29, 1.82) is 0 Å². The Morgan fingerprint density at radius 3 is 2.40 bits per heavy atom. The molecule has 1 amide bonds. The van der Waals surface area contributed by atoms with Gasteiger partial charge in [0.1, 0.15) is 5.75 Å². The zero-order valence-corrected chi connectivity index (χ0v) is 15.1. The molecular weight excluding hydrogens is 336 g/mol. The van der Waals surface area contributed by atoms with E-state index in [-0.39, 0.29) is 5.91 Å². The van der Waals surface area contributed by atoms with E-state index < -0.39 is 6.10 Å². The van der Waals surface area contributed by atoms with Gasteiger partial charge in [0, 0.05) is 30.3 Å². The van der Waals surface area contributed by atoms with Gasteiger partial charge in [0.2, 0.25) is 0 Å². The number of halogens is 1. The fraction of sp³-hybridized carbons (Fsp3) is 0.350. The van der Waals surface area contributed by atoms with Crippen LogP contribution in [-0.4, -0.2) is 25.1 Å². The van der Waals surface area contributed by atoms with E-state index in [2.05, 4.69) is 34.5 Å². The highest BCUT2D eigenvalue weighted by Gasteiger charge is 2.15. The Morgan fingerprint density at radius 2 is 1.76 bits per heavy atom. The first-order chi connectivity index (χ1) is 12.1. The van der Waals surface area contributed by atoms with E-state index in [1.54, 1.807) is 31.2 Å². The summed E-state index contributed by atoms with van der Waals surface area (Å²) in [5.74, 6) is 0.487. The Bertz CT molecular complexity index is 695. The zero-order valence-electron chi connectivity index (χ0n) is 14.4. The van der Waals surface area contributed by atoms with E-state index in [0.29, 0.717) is 17.3 Å². The topological polar surface area (TPSA) is 41.6 Å². The molecule has 25 heavy (non-hydrogen) atoms. The van der Waals surface area contributed by atoms with Crippen LogP contribution >= 0.6 is 11.6 Å². The molecule has 132 valence electrons.